The van der Waals surface area contributed by atoms with Crippen LogP contribution in [0.25, 0.3) is 0 Å². The van der Waals surface area contributed by atoms with Crippen LogP contribution >= 0.6 is 11.6 Å². The number of rotatable bonds is 9. The molecular weight excluding hydrogens is 513 g/mol. The van der Waals surface area contributed by atoms with Crippen molar-refractivity contribution in [3.05, 3.63) is 106 Å². The summed E-state index contributed by atoms with van der Waals surface area (Å²) in [6, 6.07) is 22.4. The molecule has 4 rings (SSSR count). The van der Waals surface area contributed by atoms with Crippen molar-refractivity contribution in [2.75, 3.05) is 32.7 Å². The standard InChI is InChI=1S/C30H32ClF3N2O2/c1-2-27(23-6-4-3-5-7-23)29(37)36-18-16-35(17-19-36)20-28(24-10-14-26(31)15-11-24)38-21-22-8-12-25(13-9-22)30(32,33)34/h3-15,27-28H,2,16-21H2,1H3/t27-,28-/m0/s1. The smallest absolute Gasteiger partial charge is 0.368 e. The Morgan fingerprint density at radius 3 is 2.11 bits per heavy atom. The van der Waals surface area contributed by atoms with Crippen molar-refractivity contribution in [2.45, 2.75) is 38.1 Å². The van der Waals surface area contributed by atoms with Gasteiger partial charge in [-0.25, -0.2) is 0 Å². The lowest BCUT2D eigenvalue weighted by atomic mass is 9.95. The zero-order valence-electron chi connectivity index (χ0n) is 21.3. The summed E-state index contributed by atoms with van der Waals surface area (Å²) in [6.45, 7) is 5.51. The second kappa shape index (κ2) is 12.8. The van der Waals surface area contributed by atoms with Crippen LogP contribution in [0.2, 0.25) is 5.02 Å². The van der Waals surface area contributed by atoms with Crippen molar-refractivity contribution >= 4 is 17.5 Å². The number of carbonyl (C=O) groups excluding carboxylic acids is 1. The summed E-state index contributed by atoms with van der Waals surface area (Å²) in [5, 5.41) is 0.617. The Labute approximate surface area is 227 Å². The first-order valence-corrected chi connectivity index (χ1v) is 13.2. The lowest BCUT2D eigenvalue weighted by Crippen LogP contribution is -2.50. The van der Waals surface area contributed by atoms with E-state index < -0.39 is 11.7 Å². The van der Waals surface area contributed by atoms with Gasteiger partial charge in [0, 0.05) is 37.7 Å². The molecule has 0 radical (unpaired) electrons. The first-order chi connectivity index (χ1) is 18.2. The number of piperazine rings is 1. The van der Waals surface area contributed by atoms with Crippen molar-refractivity contribution in [2.24, 2.45) is 0 Å². The van der Waals surface area contributed by atoms with Crippen LogP contribution in [0, 0.1) is 0 Å². The quantitative estimate of drug-likeness (QED) is 0.292. The topological polar surface area (TPSA) is 32.8 Å². The number of hydrogen-bond acceptors (Lipinski definition) is 3. The van der Waals surface area contributed by atoms with Crippen LogP contribution in [0.15, 0.2) is 78.9 Å². The second-order valence-corrected chi connectivity index (χ2v) is 9.98. The van der Waals surface area contributed by atoms with E-state index in [1.165, 1.54) is 12.1 Å². The molecule has 0 unspecified atom stereocenters. The average Bonchev–Trinajstić information content (AvgIpc) is 2.92. The van der Waals surface area contributed by atoms with Gasteiger partial charge >= 0.3 is 6.18 Å². The summed E-state index contributed by atoms with van der Waals surface area (Å²) < 4.78 is 44.9. The third-order valence-corrected chi connectivity index (χ3v) is 7.24. The van der Waals surface area contributed by atoms with E-state index in [1.54, 1.807) is 12.1 Å². The molecule has 1 saturated heterocycles. The third-order valence-electron chi connectivity index (χ3n) is 6.99. The first kappa shape index (κ1) is 28.1. The van der Waals surface area contributed by atoms with E-state index in [2.05, 4.69) is 4.90 Å². The molecule has 1 aliphatic rings. The van der Waals surface area contributed by atoms with E-state index in [4.69, 9.17) is 16.3 Å². The van der Waals surface area contributed by atoms with E-state index in [1.807, 2.05) is 54.3 Å². The summed E-state index contributed by atoms with van der Waals surface area (Å²) in [4.78, 5) is 17.5. The highest BCUT2D eigenvalue weighted by Crippen LogP contribution is 2.30. The number of amides is 1. The fraction of sp³-hybridized carbons (Fsp3) is 0.367. The SMILES string of the molecule is CC[C@H](C(=O)N1CCN(C[C@H](OCc2ccc(C(F)(F)F)cc2)c2ccc(Cl)cc2)CC1)c1ccccc1. The van der Waals surface area contributed by atoms with Gasteiger partial charge in [-0.3, -0.25) is 9.69 Å². The van der Waals surface area contributed by atoms with Crippen LogP contribution in [0.1, 0.15) is 47.6 Å². The van der Waals surface area contributed by atoms with Crippen LogP contribution in [0.3, 0.4) is 0 Å². The van der Waals surface area contributed by atoms with Crippen LogP contribution in [-0.4, -0.2) is 48.4 Å². The summed E-state index contributed by atoms with van der Waals surface area (Å²) in [7, 11) is 0. The number of halogens is 4. The molecule has 38 heavy (non-hydrogen) atoms. The second-order valence-electron chi connectivity index (χ2n) is 9.54. The maximum atomic E-state index is 13.3. The highest BCUT2D eigenvalue weighted by Gasteiger charge is 2.30. The molecule has 1 amide bonds. The van der Waals surface area contributed by atoms with Crippen LogP contribution in [-0.2, 0) is 22.3 Å². The maximum Gasteiger partial charge on any atom is 0.416 e. The summed E-state index contributed by atoms with van der Waals surface area (Å²) in [5.74, 6) is 0.0165. The van der Waals surface area contributed by atoms with E-state index in [0.717, 1.165) is 29.7 Å². The molecule has 8 heteroatoms. The molecule has 3 aromatic carbocycles. The fourth-order valence-electron chi connectivity index (χ4n) is 4.76. The monoisotopic (exact) mass is 544 g/mol. The van der Waals surface area contributed by atoms with Crippen molar-refractivity contribution in [3.8, 4) is 0 Å². The fourth-order valence-corrected chi connectivity index (χ4v) is 4.89. The normalized spacial score (nSPS) is 16.3. The average molecular weight is 545 g/mol. The van der Waals surface area contributed by atoms with E-state index >= 15 is 0 Å². The van der Waals surface area contributed by atoms with Crippen molar-refractivity contribution in [3.63, 3.8) is 0 Å². The van der Waals surface area contributed by atoms with Gasteiger partial charge < -0.3 is 9.64 Å². The third kappa shape index (κ3) is 7.37. The van der Waals surface area contributed by atoms with Gasteiger partial charge in [0.05, 0.1) is 24.2 Å². The van der Waals surface area contributed by atoms with Crippen LogP contribution in [0.4, 0.5) is 13.2 Å². The van der Waals surface area contributed by atoms with Crippen molar-refractivity contribution < 1.29 is 22.7 Å². The summed E-state index contributed by atoms with van der Waals surface area (Å²) >= 11 is 6.08. The largest absolute Gasteiger partial charge is 0.416 e. The molecule has 0 spiro atoms. The summed E-state index contributed by atoms with van der Waals surface area (Å²) in [5.41, 5.74) is 1.97. The highest BCUT2D eigenvalue weighted by molar-refractivity contribution is 6.30. The zero-order chi connectivity index (χ0) is 27.1. The van der Waals surface area contributed by atoms with Crippen molar-refractivity contribution in [1.29, 1.82) is 0 Å². The molecule has 4 nitrogen and oxygen atoms in total. The van der Waals surface area contributed by atoms with Crippen LogP contribution in [0.5, 0.6) is 0 Å². The Morgan fingerprint density at radius 2 is 1.53 bits per heavy atom. The Bertz CT molecular complexity index is 1160. The maximum absolute atomic E-state index is 13.3. The zero-order valence-corrected chi connectivity index (χ0v) is 22.1. The van der Waals surface area contributed by atoms with E-state index in [-0.39, 0.29) is 24.5 Å². The molecule has 1 aliphatic heterocycles. The highest BCUT2D eigenvalue weighted by atomic mass is 35.5. The molecule has 0 aliphatic carbocycles. The Balaban J connectivity index is 1.38. The molecule has 1 heterocycles. The van der Waals surface area contributed by atoms with Gasteiger partial charge in [0.1, 0.15) is 0 Å². The molecule has 0 bridgehead atoms. The molecular formula is C30H32ClF3N2O2. The minimum Gasteiger partial charge on any atom is -0.368 e. The minimum atomic E-state index is -4.37. The number of carbonyl (C=O) groups is 1. The van der Waals surface area contributed by atoms with Gasteiger partial charge in [-0.1, -0.05) is 73.1 Å². The van der Waals surface area contributed by atoms with Gasteiger partial charge in [0.25, 0.3) is 0 Å². The van der Waals surface area contributed by atoms with Crippen LogP contribution < -0.4 is 0 Å². The van der Waals surface area contributed by atoms with Gasteiger partial charge in [0.15, 0.2) is 0 Å². The first-order valence-electron chi connectivity index (χ1n) is 12.8. The number of benzene rings is 3. The van der Waals surface area contributed by atoms with Gasteiger partial charge in [-0.15, -0.1) is 0 Å². The Morgan fingerprint density at radius 1 is 0.895 bits per heavy atom. The van der Waals surface area contributed by atoms with Gasteiger partial charge in [-0.2, -0.15) is 13.2 Å². The molecule has 0 N–H and O–H groups in total. The number of hydrogen-bond donors (Lipinski definition) is 0. The molecule has 202 valence electrons. The van der Waals surface area contributed by atoms with E-state index in [9.17, 15) is 18.0 Å². The van der Waals surface area contributed by atoms with E-state index in [0.29, 0.717) is 43.3 Å². The number of ether oxygens (including phenoxy) is 1. The van der Waals surface area contributed by atoms with Gasteiger partial charge in [0.2, 0.25) is 5.91 Å². The Kier molecular flexibility index (Phi) is 9.47. The predicted octanol–water partition coefficient (Wildman–Crippen LogP) is 6.95. The Hall–Kier alpha value is -2.87. The van der Waals surface area contributed by atoms with Crippen molar-refractivity contribution in [1.82, 2.24) is 9.80 Å². The predicted molar refractivity (Wildman–Crippen MR) is 143 cm³/mol. The minimum absolute atomic E-state index is 0.142. The molecule has 2 atom stereocenters. The molecule has 1 fully saturated rings. The lowest BCUT2D eigenvalue weighted by Gasteiger charge is -2.38. The molecule has 0 aromatic heterocycles. The number of alkyl halides is 3. The van der Waals surface area contributed by atoms with Gasteiger partial charge in [-0.05, 0) is 47.4 Å². The molecule has 0 saturated carbocycles. The molecule has 3 aromatic rings. The number of nitrogens with zero attached hydrogens (tertiary/aromatic N) is 2. The summed E-state index contributed by atoms with van der Waals surface area (Å²) in [6.07, 6.45) is -3.92. The lowest BCUT2D eigenvalue weighted by molar-refractivity contribution is -0.137.